The van der Waals surface area contributed by atoms with Crippen LogP contribution in [0.5, 0.6) is 11.5 Å². The number of ether oxygens (including phenoxy) is 2. The summed E-state index contributed by atoms with van der Waals surface area (Å²) in [5.41, 5.74) is 0.236. The monoisotopic (exact) mass is 380 g/mol. The van der Waals surface area contributed by atoms with Gasteiger partial charge in [-0.25, -0.2) is 4.79 Å². The number of benzene rings is 1. The van der Waals surface area contributed by atoms with Crippen LogP contribution in [0.1, 0.15) is 44.5 Å². The van der Waals surface area contributed by atoms with E-state index in [1.54, 1.807) is 6.92 Å². The van der Waals surface area contributed by atoms with Gasteiger partial charge in [-0.3, -0.25) is 9.59 Å². The third-order valence-corrected chi connectivity index (χ3v) is 4.00. The molecule has 0 saturated heterocycles. The van der Waals surface area contributed by atoms with Crippen LogP contribution in [0, 0.1) is 5.92 Å². The third-order valence-electron chi connectivity index (χ3n) is 4.00. The number of carboxylic acids is 1. The van der Waals surface area contributed by atoms with E-state index in [-0.39, 0.29) is 35.8 Å². The molecule has 0 aliphatic carbocycles. The van der Waals surface area contributed by atoms with Crippen molar-refractivity contribution in [2.24, 2.45) is 5.92 Å². The zero-order valence-electron chi connectivity index (χ0n) is 16.4. The maximum atomic E-state index is 12.4. The van der Waals surface area contributed by atoms with Crippen molar-refractivity contribution in [3.05, 3.63) is 23.8 Å². The number of methoxy groups -OCH3 is 1. The molecule has 1 rings (SSSR count). The summed E-state index contributed by atoms with van der Waals surface area (Å²) in [6.07, 6.45) is 0.617. The summed E-state index contributed by atoms with van der Waals surface area (Å²) in [6, 6.07) is 3.46. The predicted octanol–water partition coefficient (Wildman–Crippen LogP) is 1.83. The summed E-state index contributed by atoms with van der Waals surface area (Å²) in [4.78, 5) is 35.5. The molecule has 0 radical (unpaired) electrons. The predicted molar refractivity (Wildman–Crippen MR) is 100 cm³/mol. The molecule has 0 aliphatic heterocycles. The van der Waals surface area contributed by atoms with Gasteiger partial charge in [0.25, 0.3) is 11.8 Å². The fraction of sp³-hybridized carbons (Fsp3) is 0.526. The lowest BCUT2D eigenvalue weighted by molar-refractivity contribution is -0.140. The Kier molecular flexibility index (Phi) is 8.58. The minimum absolute atomic E-state index is 0.00163. The van der Waals surface area contributed by atoms with Gasteiger partial charge in [-0.15, -0.1) is 0 Å². The van der Waals surface area contributed by atoms with E-state index in [0.29, 0.717) is 12.2 Å². The summed E-state index contributed by atoms with van der Waals surface area (Å²) >= 11 is 0. The van der Waals surface area contributed by atoms with Crippen molar-refractivity contribution in [1.29, 1.82) is 0 Å². The number of rotatable bonds is 10. The van der Waals surface area contributed by atoms with Crippen molar-refractivity contribution in [1.82, 2.24) is 10.6 Å². The minimum atomic E-state index is -1.08. The number of carboxylic acid groups (broad SMARTS) is 1. The summed E-state index contributed by atoms with van der Waals surface area (Å²) in [5, 5.41) is 14.5. The smallest absolute Gasteiger partial charge is 0.326 e. The lowest BCUT2D eigenvalue weighted by Crippen LogP contribution is -2.45. The summed E-state index contributed by atoms with van der Waals surface area (Å²) < 4.78 is 10.7. The van der Waals surface area contributed by atoms with Gasteiger partial charge in [0, 0.05) is 11.6 Å². The third kappa shape index (κ3) is 6.80. The highest BCUT2D eigenvalue weighted by Crippen LogP contribution is 2.28. The Labute approximate surface area is 159 Å². The van der Waals surface area contributed by atoms with E-state index in [4.69, 9.17) is 9.47 Å². The van der Waals surface area contributed by atoms with E-state index in [0.717, 1.165) is 0 Å². The molecular formula is C19H28N2O6. The van der Waals surface area contributed by atoms with Crippen LogP contribution in [-0.2, 0) is 9.59 Å². The highest BCUT2D eigenvalue weighted by Gasteiger charge is 2.26. The number of amides is 2. The van der Waals surface area contributed by atoms with E-state index in [1.807, 2.05) is 20.8 Å². The van der Waals surface area contributed by atoms with Gasteiger partial charge in [0.15, 0.2) is 18.1 Å². The molecule has 0 fully saturated rings. The lowest BCUT2D eigenvalue weighted by Gasteiger charge is -2.20. The molecule has 8 nitrogen and oxygen atoms in total. The molecule has 0 spiro atoms. The van der Waals surface area contributed by atoms with Crippen molar-refractivity contribution < 1.29 is 29.0 Å². The molecule has 27 heavy (non-hydrogen) atoms. The number of aliphatic carboxylic acids is 1. The van der Waals surface area contributed by atoms with Crippen molar-refractivity contribution in [3.8, 4) is 11.5 Å². The molecule has 2 unspecified atom stereocenters. The summed E-state index contributed by atoms with van der Waals surface area (Å²) in [6.45, 7) is 7.12. The van der Waals surface area contributed by atoms with Crippen LogP contribution >= 0.6 is 0 Å². The van der Waals surface area contributed by atoms with E-state index in [2.05, 4.69) is 10.6 Å². The van der Waals surface area contributed by atoms with E-state index < -0.39 is 17.9 Å². The average Bonchev–Trinajstić information content (AvgIpc) is 2.62. The van der Waals surface area contributed by atoms with Gasteiger partial charge in [-0.1, -0.05) is 20.3 Å². The number of hydrogen-bond donors (Lipinski definition) is 3. The van der Waals surface area contributed by atoms with Gasteiger partial charge in [0.05, 0.1) is 7.11 Å². The largest absolute Gasteiger partial charge is 0.493 e. The number of hydrogen-bond acceptors (Lipinski definition) is 5. The Morgan fingerprint density at radius 3 is 2.30 bits per heavy atom. The Morgan fingerprint density at radius 1 is 1.11 bits per heavy atom. The van der Waals surface area contributed by atoms with Crippen LogP contribution in [0.3, 0.4) is 0 Å². The average molecular weight is 380 g/mol. The van der Waals surface area contributed by atoms with Gasteiger partial charge < -0.3 is 25.2 Å². The van der Waals surface area contributed by atoms with Crippen LogP contribution in [0.15, 0.2) is 18.2 Å². The normalized spacial score (nSPS) is 12.8. The van der Waals surface area contributed by atoms with E-state index in [1.165, 1.54) is 25.3 Å². The molecule has 1 aromatic carbocycles. The molecule has 0 saturated carbocycles. The first-order valence-corrected chi connectivity index (χ1v) is 8.83. The Hall–Kier alpha value is -2.77. The first kappa shape index (κ1) is 22.3. The molecule has 2 atom stereocenters. The summed E-state index contributed by atoms with van der Waals surface area (Å²) in [7, 11) is 1.41. The highest BCUT2D eigenvalue weighted by molar-refractivity contribution is 5.97. The van der Waals surface area contributed by atoms with Gasteiger partial charge >= 0.3 is 5.97 Å². The minimum Gasteiger partial charge on any atom is -0.493 e. The van der Waals surface area contributed by atoms with E-state index >= 15 is 0 Å². The maximum absolute atomic E-state index is 12.4. The van der Waals surface area contributed by atoms with E-state index in [9.17, 15) is 19.5 Å². The molecule has 3 N–H and O–H groups in total. The summed E-state index contributed by atoms with van der Waals surface area (Å²) in [5.74, 6) is -1.51. The van der Waals surface area contributed by atoms with Crippen molar-refractivity contribution in [2.75, 3.05) is 13.7 Å². The van der Waals surface area contributed by atoms with Gasteiger partial charge in [0.1, 0.15) is 6.04 Å². The zero-order chi connectivity index (χ0) is 20.6. The maximum Gasteiger partial charge on any atom is 0.326 e. The first-order valence-electron chi connectivity index (χ1n) is 8.83. The molecule has 0 aromatic heterocycles. The van der Waals surface area contributed by atoms with Crippen LogP contribution in [-0.4, -0.2) is 48.7 Å². The fourth-order valence-corrected chi connectivity index (χ4v) is 2.34. The molecule has 0 aliphatic rings. The van der Waals surface area contributed by atoms with Crippen LogP contribution in [0.25, 0.3) is 0 Å². The Balaban J connectivity index is 2.87. The number of carbonyl (C=O) groups excluding carboxylic acids is 2. The second-order valence-corrected chi connectivity index (χ2v) is 6.55. The molecular weight excluding hydrogens is 352 g/mol. The molecule has 0 heterocycles. The molecule has 2 amide bonds. The van der Waals surface area contributed by atoms with Gasteiger partial charge in [0.2, 0.25) is 0 Å². The first-order chi connectivity index (χ1) is 12.7. The molecule has 8 heteroatoms. The topological polar surface area (TPSA) is 114 Å². The van der Waals surface area contributed by atoms with Crippen molar-refractivity contribution in [3.63, 3.8) is 0 Å². The molecule has 0 bridgehead atoms. The van der Waals surface area contributed by atoms with Crippen molar-refractivity contribution >= 4 is 17.8 Å². The second-order valence-electron chi connectivity index (χ2n) is 6.55. The molecule has 1 aromatic rings. The van der Waals surface area contributed by atoms with Crippen LogP contribution in [0.4, 0.5) is 0 Å². The Bertz CT molecular complexity index is 674. The fourth-order valence-electron chi connectivity index (χ4n) is 2.34. The van der Waals surface area contributed by atoms with Crippen LogP contribution < -0.4 is 20.1 Å². The number of carbonyl (C=O) groups is 3. The standard InChI is InChI=1S/C19H28N2O6/c1-6-12(4)17(19(24)25)21-18(23)13-7-8-14(15(9-13)26-5)27-10-16(22)20-11(2)3/h7-9,11-12,17H,6,10H2,1-5H3,(H,20,22)(H,21,23)(H,24,25). The quantitative estimate of drug-likeness (QED) is 0.571. The molecule has 150 valence electrons. The SMILES string of the molecule is CCC(C)C(NC(=O)c1ccc(OCC(=O)NC(C)C)c(OC)c1)C(=O)O. The second kappa shape index (κ2) is 10.4. The van der Waals surface area contributed by atoms with Crippen LogP contribution in [0.2, 0.25) is 0 Å². The van der Waals surface area contributed by atoms with Gasteiger partial charge in [-0.05, 0) is 38.0 Å². The number of nitrogens with one attached hydrogen (secondary N) is 2. The van der Waals surface area contributed by atoms with Gasteiger partial charge in [-0.2, -0.15) is 0 Å². The zero-order valence-corrected chi connectivity index (χ0v) is 16.4. The Morgan fingerprint density at radius 2 is 1.78 bits per heavy atom. The highest BCUT2D eigenvalue weighted by atomic mass is 16.5. The lowest BCUT2D eigenvalue weighted by atomic mass is 9.99. The van der Waals surface area contributed by atoms with Crippen molar-refractivity contribution in [2.45, 2.75) is 46.2 Å².